The molecule has 0 radical (unpaired) electrons. The number of anilines is 1. The molecule has 3 atom stereocenters. The summed E-state index contributed by atoms with van der Waals surface area (Å²) in [5, 5.41) is 9.34. The van der Waals surface area contributed by atoms with Crippen LogP contribution < -0.4 is 26.0 Å². The van der Waals surface area contributed by atoms with E-state index >= 15 is 0 Å². The molecule has 3 rings (SSSR count). The highest BCUT2D eigenvalue weighted by Crippen LogP contribution is 2.27. The van der Waals surface area contributed by atoms with Crippen molar-refractivity contribution in [3.05, 3.63) is 59.4 Å². The van der Waals surface area contributed by atoms with E-state index in [4.69, 9.17) is 4.74 Å². The SMILES string of the molecule is CC(C)C[C@H](NC(=O)C(=O)Nc1ccccc1F)C(=O)N[C@@H](C[C@@H]1CCCNC1=O)C(=O)COc1c(F)c(F)cc(F)c1F. The molecule has 238 valence electrons. The van der Waals surface area contributed by atoms with Crippen molar-refractivity contribution in [3.63, 3.8) is 0 Å². The summed E-state index contributed by atoms with van der Waals surface area (Å²) in [7, 11) is 0. The molecule has 1 fully saturated rings. The van der Waals surface area contributed by atoms with Gasteiger partial charge in [-0.2, -0.15) is 8.78 Å². The van der Waals surface area contributed by atoms with Crippen LogP contribution in [0, 0.1) is 40.9 Å². The number of carbonyl (C=O) groups is 5. The normalized spacial score (nSPS) is 16.0. The lowest BCUT2D eigenvalue weighted by molar-refractivity contribution is -0.138. The Morgan fingerprint density at radius 2 is 1.59 bits per heavy atom. The number of para-hydroxylation sites is 1. The zero-order chi connectivity index (χ0) is 32.6. The van der Waals surface area contributed by atoms with Gasteiger partial charge in [-0.25, -0.2) is 13.2 Å². The number of Topliss-reactive ketones (excluding diaryl/α,β-unsaturated/α-hetero) is 1. The maximum atomic E-state index is 14.1. The molecule has 1 heterocycles. The first kappa shape index (κ1) is 33.9. The van der Waals surface area contributed by atoms with Gasteiger partial charge in [0.05, 0.1) is 11.7 Å². The monoisotopic (exact) mass is 626 g/mol. The molecule has 0 spiro atoms. The maximum absolute atomic E-state index is 14.1. The van der Waals surface area contributed by atoms with Crippen molar-refractivity contribution in [2.24, 2.45) is 11.8 Å². The predicted octanol–water partition coefficient (Wildman–Crippen LogP) is 2.90. The van der Waals surface area contributed by atoms with Crippen LogP contribution in [0.25, 0.3) is 0 Å². The smallest absolute Gasteiger partial charge is 0.313 e. The number of ketones is 1. The molecule has 2 aromatic rings. The third kappa shape index (κ3) is 8.97. The molecule has 0 aromatic heterocycles. The average Bonchev–Trinajstić information content (AvgIpc) is 2.97. The molecule has 4 N–H and O–H groups in total. The van der Waals surface area contributed by atoms with Crippen molar-refractivity contribution in [1.29, 1.82) is 0 Å². The minimum Gasteiger partial charge on any atom is -0.479 e. The number of rotatable bonds is 12. The standard InChI is InChI=1S/C29H31F5N4O6/c1-14(2)10-21(38-29(43)28(42)36-19-8-4-3-7-16(19)30)27(41)37-20(11-15-6-5-9-35-26(15)40)22(39)13-44-25-23(33)17(31)12-18(32)24(25)34/h3-4,7-8,12,14-15,20-21H,5-6,9-11,13H2,1-2H3,(H,35,40)(H,36,42)(H,37,41)(H,38,43)/t15-,20-,21-/m0/s1. The molecular weight excluding hydrogens is 595 g/mol. The Labute approximate surface area is 249 Å². The van der Waals surface area contributed by atoms with Crippen molar-refractivity contribution in [1.82, 2.24) is 16.0 Å². The summed E-state index contributed by atoms with van der Waals surface area (Å²) >= 11 is 0. The third-order valence-corrected chi connectivity index (χ3v) is 6.71. The number of benzene rings is 2. The van der Waals surface area contributed by atoms with Gasteiger partial charge in [-0.1, -0.05) is 26.0 Å². The summed E-state index contributed by atoms with van der Waals surface area (Å²) in [5.41, 5.74) is -0.278. The number of carbonyl (C=O) groups excluding carboxylic acids is 5. The second-order valence-corrected chi connectivity index (χ2v) is 10.6. The highest BCUT2D eigenvalue weighted by molar-refractivity contribution is 6.40. The summed E-state index contributed by atoms with van der Waals surface area (Å²) in [6.07, 6.45) is 0.597. The lowest BCUT2D eigenvalue weighted by atomic mass is 9.90. The van der Waals surface area contributed by atoms with E-state index in [1.165, 1.54) is 18.2 Å². The van der Waals surface area contributed by atoms with E-state index in [0.29, 0.717) is 19.4 Å². The molecule has 1 saturated heterocycles. The number of hydrogen-bond acceptors (Lipinski definition) is 6. The van der Waals surface area contributed by atoms with Gasteiger partial charge in [0.15, 0.2) is 23.2 Å². The minimum absolute atomic E-state index is 0.0229. The van der Waals surface area contributed by atoms with Gasteiger partial charge in [0.25, 0.3) is 0 Å². The van der Waals surface area contributed by atoms with E-state index in [0.717, 1.165) is 6.07 Å². The molecule has 0 aliphatic carbocycles. The fourth-order valence-electron chi connectivity index (χ4n) is 4.48. The van der Waals surface area contributed by atoms with E-state index in [1.54, 1.807) is 13.8 Å². The van der Waals surface area contributed by atoms with Gasteiger partial charge < -0.3 is 26.0 Å². The van der Waals surface area contributed by atoms with Crippen LogP contribution in [0.3, 0.4) is 0 Å². The summed E-state index contributed by atoms with van der Waals surface area (Å²) in [5.74, 6) is -15.5. The van der Waals surface area contributed by atoms with E-state index in [9.17, 15) is 45.9 Å². The lowest BCUT2D eigenvalue weighted by Gasteiger charge is -2.28. The van der Waals surface area contributed by atoms with E-state index in [-0.39, 0.29) is 30.5 Å². The first-order chi connectivity index (χ1) is 20.8. The fraction of sp³-hybridized carbons (Fsp3) is 0.414. The average molecular weight is 627 g/mol. The van der Waals surface area contributed by atoms with Crippen molar-refractivity contribution in [2.45, 2.75) is 51.6 Å². The fourth-order valence-corrected chi connectivity index (χ4v) is 4.48. The molecular formula is C29H31F5N4O6. The molecule has 0 saturated carbocycles. The summed E-state index contributed by atoms with van der Waals surface area (Å²) in [6.45, 7) is 2.65. The Bertz CT molecular complexity index is 1400. The Morgan fingerprint density at radius 3 is 2.20 bits per heavy atom. The molecule has 1 aliphatic rings. The molecule has 44 heavy (non-hydrogen) atoms. The molecule has 4 amide bonds. The van der Waals surface area contributed by atoms with Gasteiger partial charge >= 0.3 is 11.8 Å². The second-order valence-electron chi connectivity index (χ2n) is 10.6. The Balaban J connectivity index is 1.78. The molecule has 15 heteroatoms. The van der Waals surface area contributed by atoms with E-state index in [1.807, 2.05) is 0 Å². The largest absolute Gasteiger partial charge is 0.479 e. The van der Waals surface area contributed by atoms with Gasteiger partial charge in [-0.05, 0) is 43.7 Å². The molecule has 10 nitrogen and oxygen atoms in total. The lowest BCUT2D eigenvalue weighted by Crippen LogP contribution is -2.55. The van der Waals surface area contributed by atoms with Crippen LogP contribution in [0.15, 0.2) is 30.3 Å². The third-order valence-electron chi connectivity index (χ3n) is 6.71. The number of nitrogens with one attached hydrogen (secondary N) is 4. The summed E-state index contributed by atoms with van der Waals surface area (Å²) in [6, 6.07) is 2.13. The summed E-state index contributed by atoms with van der Waals surface area (Å²) in [4.78, 5) is 63.9. The molecule has 2 aromatic carbocycles. The summed E-state index contributed by atoms with van der Waals surface area (Å²) < 4.78 is 74.0. The quantitative estimate of drug-likeness (QED) is 0.162. The molecule has 0 unspecified atom stereocenters. The number of hydrogen-bond donors (Lipinski definition) is 4. The van der Waals surface area contributed by atoms with E-state index < -0.39 is 88.9 Å². The number of piperidine rings is 1. The van der Waals surface area contributed by atoms with Gasteiger partial charge in [0.1, 0.15) is 18.5 Å². The highest BCUT2D eigenvalue weighted by atomic mass is 19.2. The Hall–Kier alpha value is -4.56. The van der Waals surface area contributed by atoms with Crippen molar-refractivity contribution >= 4 is 35.1 Å². The first-order valence-electron chi connectivity index (χ1n) is 13.7. The van der Waals surface area contributed by atoms with Crippen LogP contribution in [-0.4, -0.2) is 54.6 Å². The van der Waals surface area contributed by atoms with Crippen LogP contribution in [0.4, 0.5) is 27.6 Å². The highest BCUT2D eigenvalue weighted by Gasteiger charge is 2.34. The second kappa shape index (κ2) is 15.3. The topological polar surface area (TPSA) is 143 Å². The van der Waals surface area contributed by atoms with Gasteiger partial charge in [0.2, 0.25) is 23.4 Å². The van der Waals surface area contributed by atoms with Crippen LogP contribution >= 0.6 is 0 Å². The van der Waals surface area contributed by atoms with Gasteiger partial charge in [-0.3, -0.25) is 24.0 Å². The predicted molar refractivity (Wildman–Crippen MR) is 145 cm³/mol. The van der Waals surface area contributed by atoms with Crippen LogP contribution in [0.5, 0.6) is 5.75 Å². The Morgan fingerprint density at radius 1 is 0.932 bits per heavy atom. The number of amides is 4. The molecule has 0 bridgehead atoms. The number of ether oxygens (including phenoxy) is 1. The van der Waals surface area contributed by atoms with Crippen molar-refractivity contribution in [2.75, 3.05) is 18.5 Å². The zero-order valence-corrected chi connectivity index (χ0v) is 23.8. The minimum atomic E-state index is -1.88. The molecule has 1 aliphatic heterocycles. The maximum Gasteiger partial charge on any atom is 0.313 e. The zero-order valence-electron chi connectivity index (χ0n) is 23.8. The van der Waals surface area contributed by atoms with Crippen LogP contribution in [0.2, 0.25) is 0 Å². The van der Waals surface area contributed by atoms with Gasteiger partial charge in [0, 0.05) is 18.5 Å². The first-order valence-corrected chi connectivity index (χ1v) is 13.7. The van der Waals surface area contributed by atoms with Crippen molar-refractivity contribution in [3.8, 4) is 5.75 Å². The van der Waals surface area contributed by atoms with Crippen molar-refractivity contribution < 1.29 is 50.7 Å². The van der Waals surface area contributed by atoms with Crippen LogP contribution in [-0.2, 0) is 24.0 Å². The Kier molecular flexibility index (Phi) is 11.8. The van der Waals surface area contributed by atoms with E-state index in [2.05, 4.69) is 21.3 Å². The van der Waals surface area contributed by atoms with Crippen LogP contribution in [0.1, 0.15) is 39.5 Å². The van der Waals surface area contributed by atoms with Gasteiger partial charge in [-0.15, -0.1) is 0 Å². The number of halogens is 5.